The second-order valence-electron chi connectivity index (χ2n) is 6.71. The van der Waals surface area contributed by atoms with E-state index < -0.39 is 17.9 Å². The van der Waals surface area contributed by atoms with E-state index >= 15 is 0 Å². The molecule has 0 amide bonds. The van der Waals surface area contributed by atoms with E-state index in [0.717, 1.165) is 0 Å². The molecule has 0 aliphatic rings. The third-order valence-corrected chi connectivity index (χ3v) is 4.21. The molecule has 9 heteroatoms. The van der Waals surface area contributed by atoms with Crippen molar-refractivity contribution < 1.29 is 42.9 Å². The summed E-state index contributed by atoms with van der Waals surface area (Å²) in [5.74, 6) is -1.22. The lowest BCUT2D eigenvalue weighted by Crippen LogP contribution is -2.08. The summed E-state index contributed by atoms with van der Waals surface area (Å²) in [5.41, 5.74) is 1.39. The summed E-state index contributed by atoms with van der Waals surface area (Å²) in [4.78, 5) is 46.1. The smallest absolute Gasteiger partial charge is 0.308 e. The highest BCUT2D eigenvalue weighted by Gasteiger charge is 2.23. The summed E-state index contributed by atoms with van der Waals surface area (Å²) in [5, 5.41) is 0. The Bertz CT molecular complexity index is 1100. The van der Waals surface area contributed by atoms with Crippen molar-refractivity contribution in [3.8, 4) is 34.1 Å². The van der Waals surface area contributed by atoms with E-state index in [0.29, 0.717) is 17.4 Å². The zero-order valence-corrected chi connectivity index (χ0v) is 18.9. The highest BCUT2D eigenvalue weighted by atomic mass is 16.6. The quantitative estimate of drug-likeness (QED) is 0.317. The topological polar surface area (TPSA) is 114 Å². The van der Waals surface area contributed by atoms with Gasteiger partial charge >= 0.3 is 17.9 Å². The van der Waals surface area contributed by atoms with Gasteiger partial charge in [0.15, 0.2) is 23.0 Å². The van der Waals surface area contributed by atoms with Crippen LogP contribution in [0.2, 0.25) is 0 Å². The van der Waals surface area contributed by atoms with Crippen LogP contribution in [0.25, 0.3) is 17.2 Å². The summed E-state index contributed by atoms with van der Waals surface area (Å²) in [6.07, 6.45) is 3.88. The maximum atomic E-state index is 11.8. The maximum absolute atomic E-state index is 11.8. The van der Waals surface area contributed by atoms with Crippen LogP contribution in [0, 0.1) is 0 Å². The van der Waals surface area contributed by atoms with Crippen molar-refractivity contribution in [1.29, 1.82) is 0 Å². The van der Waals surface area contributed by atoms with Crippen LogP contribution in [0.15, 0.2) is 30.3 Å². The molecular weight excluding hydrogens is 432 g/mol. The Kier molecular flexibility index (Phi) is 8.73. The third kappa shape index (κ3) is 6.67. The van der Waals surface area contributed by atoms with Gasteiger partial charge in [0.25, 0.3) is 0 Å². The van der Waals surface area contributed by atoms with Crippen LogP contribution in [0.3, 0.4) is 0 Å². The van der Waals surface area contributed by atoms with Crippen LogP contribution in [-0.2, 0) is 19.1 Å². The van der Waals surface area contributed by atoms with E-state index in [1.54, 1.807) is 24.3 Å². The predicted molar refractivity (Wildman–Crippen MR) is 119 cm³/mol. The molecule has 33 heavy (non-hydrogen) atoms. The van der Waals surface area contributed by atoms with Gasteiger partial charge in [0, 0.05) is 37.5 Å². The van der Waals surface area contributed by atoms with E-state index in [2.05, 4.69) is 0 Å². The Morgan fingerprint density at radius 3 is 1.67 bits per heavy atom. The summed E-state index contributed by atoms with van der Waals surface area (Å²) in [7, 11) is 2.76. The van der Waals surface area contributed by atoms with Crippen LogP contribution >= 0.6 is 0 Å². The molecule has 2 aromatic rings. The Balaban J connectivity index is 2.82. The molecule has 2 rings (SSSR count). The van der Waals surface area contributed by atoms with Gasteiger partial charge in [-0.05, 0) is 35.9 Å². The zero-order valence-electron chi connectivity index (χ0n) is 18.9. The van der Waals surface area contributed by atoms with Crippen LogP contribution in [0.4, 0.5) is 0 Å². The maximum Gasteiger partial charge on any atom is 0.308 e. The number of methoxy groups -OCH3 is 2. The summed E-state index contributed by atoms with van der Waals surface area (Å²) in [6, 6.07) is 6.14. The normalized spacial score (nSPS) is 10.5. The van der Waals surface area contributed by atoms with Crippen molar-refractivity contribution in [2.24, 2.45) is 0 Å². The first-order valence-corrected chi connectivity index (χ1v) is 9.76. The van der Waals surface area contributed by atoms with Gasteiger partial charge in [0.05, 0.1) is 14.2 Å². The average molecular weight is 456 g/mol. The molecule has 0 saturated heterocycles. The highest BCUT2D eigenvalue weighted by molar-refractivity contribution is 5.90. The molecule has 2 aromatic carbocycles. The van der Waals surface area contributed by atoms with Crippen molar-refractivity contribution in [3.63, 3.8) is 0 Å². The number of hydrogen-bond acceptors (Lipinski definition) is 9. The predicted octanol–water partition coefficient (Wildman–Crippen LogP) is 3.61. The fourth-order valence-corrected chi connectivity index (χ4v) is 2.96. The van der Waals surface area contributed by atoms with Gasteiger partial charge in [-0.25, -0.2) is 0 Å². The van der Waals surface area contributed by atoms with Crippen molar-refractivity contribution in [2.45, 2.75) is 20.8 Å². The van der Waals surface area contributed by atoms with Crippen molar-refractivity contribution in [2.75, 3.05) is 20.8 Å². The Hall–Kier alpha value is -4.14. The fraction of sp³-hybridized carbons (Fsp3) is 0.250. The van der Waals surface area contributed by atoms with Crippen LogP contribution in [-0.4, -0.2) is 45.0 Å². The van der Waals surface area contributed by atoms with Crippen molar-refractivity contribution in [1.82, 2.24) is 0 Å². The molecule has 0 saturated carbocycles. The summed E-state index contributed by atoms with van der Waals surface area (Å²) < 4.78 is 26.4. The second-order valence-corrected chi connectivity index (χ2v) is 6.71. The van der Waals surface area contributed by atoms with E-state index in [1.165, 1.54) is 47.1 Å². The first kappa shape index (κ1) is 25.1. The average Bonchev–Trinajstić information content (AvgIpc) is 2.76. The van der Waals surface area contributed by atoms with Crippen molar-refractivity contribution >= 4 is 30.3 Å². The summed E-state index contributed by atoms with van der Waals surface area (Å²) >= 11 is 0. The number of carbonyl (C=O) groups excluding carboxylic acids is 4. The first-order chi connectivity index (χ1) is 15.7. The van der Waals surface area contributed by atoms with Gasteiger partial charge in [0.1, 0.15) is 12.9 Å². The van der Waals surface area contributed by atoms with Gasteiger partial charge in [-0.1, -0.05) is 6.08 Å². The van der Waals surface area contributed by atoms with E-state index in [1.807, 2.05) is 0 Å². The molecule has 174 valence electrons. The number of rotatable bonds is 9. The van der Waals surface area contributed by atoms with Crippen LogP contribution in [0.5, 0.6) is 23.0 Å². The lowest BCUT2D eigenvalue weighted by molar-refractivity contribution is -0.139. The van der Waals surface area contributed by atoms with Crippen molar-refractivity contribution in [3.05, 3.63) is 41.5 Å². The largest absolute Gasteiger partial charge is 0.493 e. The Morgan fingerprint density at radius 1 is 0.758 bits per heavy atom. The number of hydrogen-bond donors (Lipinski definition) is 0. The minimum absolute atomic E-state index is 0.0343. The molecule has 0 aliphatic carbocycles. The molecule has 0 aliphatic heterocycles. The number of aldehydes is 1. The molecule has 0 heterocycles. The minimum atomic E-state index is -0.619. The SMILES string of the molecule is COc1cc(C=O)cc(-c2cc(C=CCOC(C)=O)cc(OC)c2OC(C)=O)c1OC(C)=O. The lowest BCUT2D eigenvalue weighted by atomic mass is 9.97. The van der Waals surface area contributed by atoms with Gasteiger partial charge in [0.2, 0.25) is 0 Å². The molecule has 0 N–H and O–H groups in total. The molecule has 0 aromatic heterocycles. The third-order valence-electron chi connectivity index (χ3n) is 4.21. The van der Waals surface area contributed by atoms with E-state index in [9.17, 15) is 19.2 Å². The minimum Gasteiger partial charge on any atom is -0.493 e. The van der Waals surface area contributed by atoms with Crippen LogP contribution < -0.4 is 18.9 Å². The van der Waals surface area contributed by atoms with E-state index in [4.69, 9.17) is 23.7 Å². The number of ether oxygens (including phenoxy) is 5. The molecule has 9 nitrogen and oxygen atoms in total. The van der Waals surface area contributed by atoms with Gasteiger partial charge in [-0.2, -0.15) is 0 Å². The standard InChI is InChI=1S/C24H24O9/c1-14(26)31-8-6-7-17-9-19(23(32-15(2)27)21(11-17)29-4)20-10-18(13-25)12-22(30-5)24(20)33-16(3)28/h6-7,9-13H,8H2,1-5H3. The van der Waals surface area contributed by atoms with E-state index in [-0.39, 0.29) is 40.7 Å². The molecule has 0 spiro atoms. The van der Waals surface area contributed by atoms with Gasteiger partial charge < -0.3 is 23.7 Å². The Morgan fingerprint density at radius 2 is 1.24 bits per heavy atom. The number of carbonyl (C=O) groups is 4. The molecular formula is C24H24O9. The van der Waals surface area contributed by atoms with Gasteiger partial charge in [-0.3, -0.25) is 19.2 Å². The van der Waals surface area contributed by atoms with Gasteiger partial charge in [-0.15, -0.1) is 0 Å². The summed E-state index contributed by atoms with van der Waals surface area (Å²) in [6.45, 7) is 3.79. The first-order valence-electron chi connectivity index (χ1n) is 9.76. The monoisotopic (exact) mass is 456 g/mol. The molecule has 0 atom stereocenters. The molecule has 0 radical (unpaired) electrons. The Labute approximate surface area is 190 Å². The fourth-order valence-electron chi connectivity index (χ4n) is 2.96. The molecule has 0 unspecified atom stereocenters. The second kappa shape index (κ2) is 11.5. The number of benzene rings is 2. The highest BCUT2D eigenvalue weighted by Crippen LogP contribution is 2.47. The molecule has 0 fully saturated rings. The number of esters is 3. The van der Waals surface area contributed by atoms with Crippen LogP contribution in [0.1, 0.15) is 36.7 Å². The lowest BCUT2D eigenvalue weighted by Gasteiger charge is -2.19. The zero-order chi connectivity index (χ0) is 24.5. The molecule has 0 bridgehead atoms.